The van der Waals surface area contributed by atoms with E-state index in [1.807, 2.05) is 12.3 Å². The molecule has 17 heavy (non-hydrogen) atoms. The first-order valence-corrected chi connectivity index (χ1v) is 5.62. The SMILES string of the molecule is CCOC(=O)CCC(=O)NCCn1cccn1. The van der Waals surface area contributed by atoms with Gasteiger partial charge in [-0.2, -0.15) is 5.10 Å². The lowest BCUT2D eigenvalue weighted by molar-refractivity contribution is -0.144. The van der Waals surface area contributed by atoms with Crippen molar-refractivity contribution in [3.05, 3.63) is 18.5 Å². The van der Waals surface area contributed by atoms with Gasteiger partial charge in [0.25, 0.3) is 0 Å². The number of carbonyl (C=O) groups is 2. The minimum Gasteiger partial charge on any atom is -0.466 e. The highest BCUT2D eigenvalue weighted by Crippen LogP contribution is 1.93. The molecular weight excluding hydrogens is 222 g/mol. The Hall–Kier alpha value is -1.85. The average Bonchev–Trinajstić information content (AvgIpc) is 2.80. The molecular formula is C11H17N3O3. The van der Waals surface area contributed by atoms with Crippen LogP contribution in [0.4, 0.5) is 0 Å². The second-order valence-corrected chi connectivity index (χ2v) is 3.42. The van der Waals surface area contributed by atoms with E-state index in [0.717, 1.165) is 0 Å². The Labute approximate surface area is 99.9 Å². The second-order valence-electron chi connectivity index (χ2n) is 3.42. The number of esters is 1. The van der Waals surface area contributed by atoms with Crippen LogP contribution >= 0.6 is 0 Å². The van der Waals surface area contributed by atoms with Crippen LogP contribution in [-0.2, 0) is 20.9 Å². The fourth-order valence-electron chi connectivity index (χ4n) is 1.28. The number of hydrogen-bond donors (Lipinski definition) is 1. The van der Waals surface area contributed by atoms with Crippen molar-refractivity contribution in [1.29, 1.82) is 0 Å². The molecule has 0 fully saturated rings. The van der Waals surface area contributed by atoms with Crippen molar-refractivity contribution < 1.29 is 14.3 Å². The van der Waals surface area contributed by atoms with E-state index in [0.29, 0.717) is 19.7 Å². The molecule has 1 N–H and O–H groups in total. The number of carbonyl (C=O) groups excluding carboxylic acids is 2. The largest absolute Gasteiger partial charge is 0.466 e. The quantitative estimate of drug-likeness (QED) is 0.696. The van der Waals surface area contributed by atoms with Gasteiger partial charge in [0, 0.05) is 25.4 Å². The van der Waals surface area contributed by atoms with Gasteiger partial charge in [0.05, 0.1) is 19.6 Å². The molecule has 0 radical (unpaired) electrons. The molecule has 0 aliphatic carbocycles. The lowest BCUT2D eigenvalue weighted by Gasteiger charge is -2.05. The van der Waals surface area contributed by atoms with Crippen LogP contribution in [0.3, 0.4) is 0 Å². The van der Waals surface area contributed by atoms with E-state index in [-0.39, 0.29) is 24.7 Å². The number of nitrogens with zero attached hydrogens (tertiary/aromatic N) is 2. The molecule has 1 aromatic rings. The Morgan fingerprint density at radius 2 is 2.24 bits per heavy atom. The van der Waals surface area contributed by atoms with E-state index in [1.165, 1.54) is 0 Å². The average molecular weight is 239 g/mol. The van der Waals surface area contributed by atoms with Gasteiger partial charge in [-0.1, -0.05) is 0 Å². The second kappa shape index (κ2) is 7.43. The van der Waals surface area contributed by atoms with Gasteiger partial charge in [-0.15, -0.1) is 0 Å². The molecule has 1 aromatic heterocycles. The number of amides is 1. The van der Waals surface area contributed by atoms with Crippen LogP contribution in [0.5, 0.6) is 0 Å². The fraction of sp³-hybridized carbons (Fsp3) is 0.545. The first kappa shape index (κ1) is 13.2. The molecule has 94 valence electrons. The lowest BCUT2D eigenvalue weighted by Crippen LogP contribution is -2.27. The van der Waals surface area contributed by atoms with E-state index >= 15 is 0 Å². The summed E-state index contributed by atoms with van der Waals surface area (Å²) in [6.45, 7) is 3.21. The van der Waals surface area contributed by atoms with Crippen LogP contribution in [0.25, 0.3) is 0 Å². The van der Waals surface area contributed by atoms with Crippen molar-refractivity contribution in [3.63, 3.8) is 0 Å². The van der Waals surface area contributed by atoms with Crippen molar-refractivity contribution >= 4 is 11.9 Å². The molecule has 1 amide bonds. The van der Waals surface area contributed by atoms with Crippen LogP contribution in [0.2, 0.25) is 0 Å². The van der Waals surface area contributed by atoms with Gasteiger partial charge in [0.1, 0.15) is 0 Å². The summed E-state index contributed by atoms with van der Waals surface area (Å²) in [5.74, 6) is -0.486. The van der Waals surface area contributed by atoms with Crippen LogP contribution in [-0.4, -0.2) is 34.8 Å². The molecule has 0 saturated carbocycles. The molecule has 0 spiro atoms. The molecule has 0 atom stereocenters. The topological polar surface area (TPSA) is 73.2 Å². The first-order chi connectivity index (χ1) is 8.22. The van der Waals surface area contributed by atoms with E-state index in [9.17, 15) is 9.59 Å². The Bertz CT molecular complexity index is 349. The summed E-state index contributed by atoms with van der Waals surface area (Å²) < 4.78 is 6.45. The zero-order valence-electron chi connectivity index (χ0n) is 9.89. The maximum Gasteiger partial charge on any atom is 0.306 e. The minimum atomic E-state index is -0.338. The first-order valence-electron chi connectivity index (χ1n) is 5.62. The van der Waals surface area contributed by atoms with Crippen LogP contribution < -0.4 is 5.32 Å². The summed E-state index contributed by atoms with van der Waals surface area (Å²) in [5, 5.41) is 6.71. The summed E-state index contributed by atoms with van der Waals surface area (Å²) in [7, 11) is 0. The van der Waals surface area contributed by atoms with Gasteiger partial charge < -0.3 is 10.1 Å². The number of ether oxygens (including phenoxy) is 1. The molecule has 1 rings (SSSR count). The van der Waals surface area contributed by atoms with Gasteiger partial charge in [-0.3, -0.25) is 14.3 Å². The molecule has 0 bridgehead atoms. The highest BCUT2D eigenvalue weighted by Gasteiger charge is 2.06. The van der Waals surface area contributed by atoms with Crippen LogP contribution in [0.15, 0.2) is 18.5 Å². The van der Waals surface area contributed by atoms with Crippen molar-refractivity contribution in [3.8, 4) is 0 Å². The highest BCUT2D eigenvalue weighted by molar-refractivity contribution is 5.81. The Morgan fingerprint density at radius 3 is 2.88 bits per heavy atom. The molecule has 6 heteroatoms. The third-order valence-electron chi connectivity index (χ3n) is 2.08. The van der Waals surface area contributed by atoms with E-state index in [2.05, 4.69) is 10.4 Å². The smallest absolute Gasteiger partial charge is 0.306 e. The predicted molar refractivity (Wildman–Crippen MR) is 61.1 cm³/mol. The normalized spacial score (nSPS) is 9.94. The Morgan fingerprint density at radius 1 is 1.41 bits per heavy atom. The van der Waals surface area contributed by atoms with Gasteiger partial charge >= 0.3 is 5.97 Å². The molecule has 0 saturated heterocycles. The summed E-state index contributed by atoms with van der Waals surface area (Å²) in [5.41, 5.74) is 0. The molecule has 0 aliphatic heterocycles. The number of aromatic nitrogens is 2. The summed E-state index contributed by atoms with van der Waals surface area (Å²) in [4.78, 5) is 22.3. The maximum absolute atomic E-state index is 11.3. The van der Waals surface area contributed by atoms with Crippen molar-refractivity contribution in [2.75, 3.05) is 13.2 Å². The number of rotatable bonds is 7. The monoisotopic (exact) mass is 239 g/mol. The molecule has 1 heterocycles. The van der Waals surface area contributed by atoms with Crippen molar-refractivity contribution in [2.45, 2.75) is 26.3 Å². The Kier molecular flexibility index (Phi) is 5.77. The summed E-state index contributed by atoms with van der Waals surface area (Å²) >= 11 is 0. The van der Waals surface area contributed by atoms with E-state index in [1.54, 1.807) is 17.8 Å². The number of hydrogen-bond acceptors (Lipinski definition) is 4. The third kappa shape index (κ3) is 5.70. The van der Waals surface area contributed by atoms with Gasteiger partial charge in [0.15, 0.2) is 0 Å². The zero-order chi connectivity index (χ0) is 12.5. The maximum atomic E-state index is 11.3. The standard InChI is InChI=1S/C11H17N3O3/c1-2-17-11(16)5-4-10(15)12-7-9-14-8-3-6-13-14/h3,6,8H,2,4-5,7,9H2,1H3,(H,12,15). The van der Waals surface area contributed by atoms with Crippen LogP contribution in [0, 0.1) is 0 Å². The van der Waals surface area contributed by atoms with Crippen molar-refractivity contribution in [1.82, 2.24) is 15.1 Å². The number of nitrogens with one attached hydrogen (secondary N) is 1. The lowest BCUT2D eigenvalue weighted by atomic mass is 10.3. The molecule has 6 nitrogen and oxygen atoms in total. The fourth-order valence-corrected chi connectivity index (χ4v) is 1.28. The predicted octanol–water partition coefficient (Wildman–Crippen LogP) is 0.343. The van der Waals surface area contributed by atoms with Gasteiger partial charge in [-0.05, 0) is 13.0 Å². The summed E-state index contributed by atoms with van der Waals surface area (Å²) in [6.07, 6.45) is 3.80. The van der Waals surface area contributed by atoms with E-state index < -0.39 is 0 Å². The van der Waals surface area contributed by atoms with Gasteiger partial charge in [-0.25, -0.2) is 0 Å². The highest BCUT2D eigenvalue weighted by atomic mass is 16.5. The Balaban J connectivity index is 2.07. The zero-order valence-corrected chi connectivity index (χ0v) is 9.89. The van der Waals surface area contributed by atoms with Crippen molar-refractivity contribution in [2.24, 2.45) is 0 Å². The molecule has 0 aromatic carbocycles. The summed E-state index contributed by atoms with van der Waals surface area (Å²) in [6, 6.07) is 1.82. The van der Waals surface area contributed by atoms with E-state index in [4.69, 9.17) is 4.74 Å². The van der Waals surface area contributed by atoms with Gasteiger partial charge in [0.2, 0.25) is 5.91 Å². The van der Waals surface area contributed by atoms with Crippen LogP contribution in [0.1, 0.15) is 19.8 Å². The molecule has 0 unspecified atom stereocenters. The molecule has 0 aliphatic rings. The third-order valence-corrected chi connectivity index (χ3v) is 2.08. The minimum absolute atomic E-state index is 0.126.